The SMILES string of the molecule is CCOCC(C)NC(=O)NC1COCC1C(=O)O. The second-order valence-corrected chi connectivity index (χ2v) is 4.27. The van der Waals surface area contributed by atoms with Gasteiger partial charge in [-0.2, -0.15) is 0 Å². The number of urea groups is 1. The molecule has 1 fully saturated rings. The molecule has 0 aliphatic carbocycles. The van der Waals surface area contributed by atoms with Gasteiger partial charge in [0.2, 0.25) is 0 Å². The van der Waals surface area contributed by atoms with Gasteiger partial charge in [-0.15, -0.1) is 0 Å². The van der Waals surface area contributed by atoms with Crippen molar-refractivity contribution in [3.63, 3.8) is 0 Å². The number of nitrogens with one attached hydrogen (secondary N) is 2. The van der Waals surface area contributed by atoms with Gasteiger partial charge >= 0.3 is 12.0 Å². The van der Waals surface area contributed by atoms with Gasteiger partial charge in [0, 0.05) is 6.61 Å². The number of amides is 2. The Morgan fingerprint density at radius 2 is 2.22 bits per heavy atom. The van der Waals surface area contributed by atoms with E-state index in [1.807, 2.05) is 13.8 Å². The minimum atomic E-state index is -0.958. The Balaban J connectivity index is 2.33. The first-order chi connectivity index (χ1) is 8.54. The second-order valence-electron chi connectivity index (χ2n) is 4.27. The number of aliphatic carboxylic acids is 1. The summed E-state index contributed by atoms with van der Waals surface area (Å²) >= 11 is 0. The van der Waals surface area contributed by atoms with Crippen LogP contribution in [-0.4, -0.2) is 55.6 Å². The number of ether oxygens (including phenoxy) is 2. The molecule has 7 nitrogen and oxygen atoms in total. The van der Waals surface area contributed by atoms with Crippen LogP contribution < -0.4 is 10.6 Å². The number of carboxylic acid groups (broad SMARTS) is 1. The summed E-state index contributed by atoms with van der Waals surface area (Å²) in [7, 11) is 0. The van der Waals surface area contributed by atoms with E-state index < -0.39 is 24.0 Å². The molecule has 0 bridgehead atoms. The molecule has 3 N–H and O–H groups in total. The van der Waals surface area contributed by atoms with Gasteiger partial charge < -0.3 is 25.2 Å². The van der Waals surface area contributed by atoms with Crippen molar-refractivity contribution in [2.24, 2.45) is 5.92 Å². The van der Waals surface area contributed by atoms with Gasteiger partial charge in [0.1, 0.15) is 5.92 Å². The molecule has 1 aliphatic rings. The molecule has 7 heteroatoms. The number of hydrogen-bond acceptors (Lipinski definition) is 4. The minimum absolute atomic E-state index is 0.129. The van der Waals surface area contributed by atoms with Crippen molar-refractivity contribution in [2.45, 2.75) is 25.9 Å². The Kier molecular flexibility index (Phi) is 5.87. The zero-order valence-electron chi connectivity index (χ0n) is 10.6. The van der Waals surface area contributed by atoms with Crippen LogP contribution in [0.2, 0.25) is 0 Å². The van der Waals surface area contributed by atoms with Crippen molar-refractivity contribution in [1.82, 2.24) is 10.6 Å². The van der Waals surface area contributed by atoms with E-state index in [9.17, 15) is 9.59 Å². The van der Waals surface area contributed by atoms with Gasteiger partial charge in [-0.05, 0) is 13.8 Å². The lowest BCUT2D eigenvalue weighted by molar-refractivity contribution is -0.142. The molecule has 0 radical (unpaired) electrons. The quantitative estimate of drug-likeness (QED) is 0.615. The average Bonchev–Trinajstić information content (AvgIpc) is 2.74. The number of hydrogen-bond donors (Lipinski definition) is 3. The third-order valence-corrected chi connectivity index (χ3v) is 2.66. The predicted molar refractivity (Wildman–Crippen MR) is 63.4 cm³/mol. The Morgan fingerprint density at radius 1 is 1.50 bits per heavy atom. The summed E-state index contributed by atoms with van der Waals surface area (Å²) in [6, 6.07) is -1.01. The fourth-order valence-electron chi connectivity index (χ4n) is 1.71. The molecule has 18 heavy (non-hydrogen) atoms. The highest BCUT2D eigenvalue weighted by atomic mass is 16.5. The van der Waals surface area contributed by atoms with Crippen LogP contribution in [0.15, 0.2) is 0 Å². The van der Waals surface area contributed by atoms with Crippen LogP contribution in [0.25, 0.3) is 0 Å². The van der Waals surface area contributed by atoms with Crippen molar-refractivity contribution in [3.8, 4) is 0 Å². The molecule has 0 aromatic heterocycles. The monoisotopic (exact) mass is 260 g/mol. The molecule has 3 atom stereocenters. The van der Waals surface area contributed by atoms with Gasteiger partial charge in [-0.25, -0.2) is 4.79 Å². The summed E-state index contributed by atoms with van der Waals surface area (Å²) in [5.41, 5.74) is 0. The standard InChI is InChI=1S/C11H20N2O5/c1-3-17-4-7(2)12-11(16)13-9-6-18-5-8(9)10(14)15/h7-9H,3-6H2,1-2H3,(H,14,15)(H2,12,13,16). The molecule has 0 aromatic rings. The van der Waals surface area contributed by atoms with Crippen LogP contribution in [0.5, 0.6) is 0 Å². The number of rotatable bonds is 6. The fourth-order valence-corrected chi connectivity index (χ4v) is 1.71. The van der Waals surface area contributed by atoms with E-state index in [-0.39, 0.29) is 19.3 Å². The van der Waals surface area contributed by atoms with Crippen molar-refractivity contribution in [2.75, 3.05) is 26.4 Å². The minimum Gasteiger partial charge on any atom is -0.481 e. The highest BCUT2D eigenvalue weighted by molar-refractivity contribution is 5.77. The first-order valence-electron chi connectivity index (χ1n) is 6.00. The van der Waals surface area contributed by atoms with Crippen LogP contribution in [0.3, 0.4) is 0 Å². The number of carbonyl (C=O) groups is 2. The Hall–Kier alpha value is -1.34. The highest BCUT2D eigenvalue weighted by Crippen LogP contribution is 2.13. The normalized spacial score (nSPS) is 24.6. The largest absolute Gasteiger partial charge is 0.481 e. The Morgan fingerprint density at radius 3 is 2.83 bits per heavy atom. The lowest BCUT2D eigenvalue weighted by Gasteiger charge is -2.19. The highest BCUT2D eigenvalue weighted by Gasteiger charge is 2.35. The van der Waals surface area contributed by atoms with Gasteiger partial charge in [-0.3, -0.25) is 4.79 Å². The first kappa shape index (κ1) is 14.7. The number of carboxylic acids is 1. The molecular weight excluding hydrogens is 240 g/mol. The zero-order valence-corrected chi connectivity index (χ0v) is 10.6. The topological polar surface area (TPSA) is 96.9 Å². The maximum atomic E-state index is 11.6. The third-order valence-electron chi connectivity index (χ3n) is 2.66. The smallest absolute Gasteiger partial charge is 0.315 e. The summed E-state index contributed by atoms with van der Waals surface area (Å²) in [5.74, 6) is -1.64. The van der Waals surface area contributed by atoms with Crippen LogP contribution in [0.1, 0.15) is 13.8 Å². The fraction of sp³-hybridized carbons (Fsp3) is 0.818. The average molecular weight is 260 g/mol. The summed E-state index contributed by atoms with van der Waals surface area (Å²) in [4.78, 5) is 22.5. The first-order valence-corrected chi connectivity index (χ1v) is 6.00. The molecule has 0 aromatic carbocycles. The van der Waals surface area contributed by atoms with Crippen LogP contribution in [0.4, 0.5) is 4.79 Å². The van der Waals surface area contributed by atoms with Crippen LogP contribution in [0, 0.1) is 5.92 Å². The zero-order chi connectivity index (χ0) is 13.5. The molecule has 1 aliphatic heterocycles. The Bertz CT molecular complexity index is 297. The van der Waals surface area contributed by atoms with Crippen LogP contribution in [-0.2, 0) is 14.3 Å². The van der Waals surface area contributed by atoms with E-state index >= 15 is 0 Å². The molecule has 1 rings (SSSR count). The second kappa shape index (κ2) is 7.17. The van der Waals surface area contributed by atoms with Gasteiger partial charge in [-0.1, -0.05) is 0 Å². The van der Waals surface area contributed by atoms with Crippen molar-refractivity contribution in [1.29, 1.82) is 0 Å². The molecule has 1 saturated heterocycles. The van der Waals surface area contributed by atoms with Gasteiger partial charge in [0.25, 0.3) is 0 Å². The maximum Gasteiger partial charge on any atom is 0.315 e. The molecular formula is C11H20N2O5. The molecule has 1 heterocycles. The van der Waals surface area contributed by atoms with Crippen molar-refractivity contribution in [3.05, 3.63) is 0 Å². The van der Waals surface area contributed by atoms with Crippen LogP contribution >= 0.6 is 0 Å². The van der Waals surface area contributed by atoms with E-state index in [0.717, 1.165) is 0 Å². The van der Waals surface area contributed by atoms with E-state index in [1.165, 1.54) is 0 Å². The molecule has 104 valence electrons. The molecule has 2 amide bonds. The molecule has 3 unspecified atom stereocenters. The van der Waals surface area contributed by atoms with E-state index in [0.29, 0.717) is 13.2 Å². The van der Waals surface area contributed by atoms with Crippen molar-refractivity contribution < 1.29 is 24.2 Å². The van der Waals surface area contributed by atoms with E-state index in [2.05, 4.69) is 10.6 Å². The summed E-state index contributed by atoms with van der Waals surface area (Å²) in [5, 5.41) is 14.2. The third kappa shape index (κ3) is 4.50. The summed E-state index contributed by atoms with van der Waals surface area (Å²) in [6.07, 6.45) is 0. The lowest BCUT2D eigenvalue weighted by Crippen LogP contribution is -2.50. The Labute approximate surface area is 106 Å². The van der Waals surface area contributed by atoms with Gasteiger partial charge in [0.05, 0.1) is 31.9 Å². The molecule has 0 spiro atoms. The maximum absolute atomic E-state index is 11.6. The summed E-state index contributed by atoms with van der Waals surface area (Å²) < 4.78 is 10.2. The molecule has 0 saturated carbocycles. The lowest BCUT2D eigenvalue weighted by atomic mass is 10.0. The summed E-state index contributed by atoms with van der Waals surface area (Å²) in [6.45, 7) is 5.06. The van der Waals surface area contributed by atoms with Gasteiger partial charge in [0.15, 0.2) is 0 Å². The van der Waals surface area contributed by atoms with E-state index in [4.69, 9.17) is 14.6 Å². The number of carbonyl (C=O) groups excluding carboxylic acids is 1. The van der Waals surface area contributed by atoms with E-state index in [1.54, 1.807) is 0 Å². The predicted octanol–water partition coefficient (Wildman–Crippen LogP) is -0.190. The van der Waals surface area contributed by atoms with Crippen molar-refractivity contribution >= 4 is 12.0 Å².